The lowest BCUT2D eigenvalue weighted by Gasteiger charge is -2.24. The summed E-state index contributed by atoms with van der Waals surface area (Å²) in [7, 11) is 0. The van der Waals surface area contributed by atoms with E-state index >= 15 is 0 Å². The minimum atomic E-state index is 0.477. The Morgan fingerprint density at radius 3 is 3.11 bits per heavy atom. The van der Waals surface area contributed by atoms with E-state index in [0.717, 1.165) is 31.2 Å². The van der Waals surface area contributed by atoms with E-state index in [1.165, 1.54) is 18.4 Å². The van der Waals surface area contributed by atoms with Gasteiger partial charge in [-0.1, -0.05) is 23.7 Å². The zero-order valence-electron chi connectivity index (χ0n) is 11.0. The van der Waals surface area contributed by atoms with Crippen molar-refractivity contribution in [1.29, 1.82) is 0 Å². The molecule has 1 fully saturated rings. The van der Waals surface area contributed by atoms with Crippen molar-refractivity contribution in [1.82, 2.24) is 5.32 Å². The summed E-state index contributed by atoms with van der Waals surface area (Å²) in [5.41, 5.74) is 1.29. The predicted molar refractivity (Wildman–Crippen MR) is 76.2 cm³/mol. The standard InChI is InChI=1S/C15H22ClNO/c1-12(8-13-4-2-6-15(16)9-13)17-10-14-5-3-7-18-11-14/h2,4,6,9,12,14,17H,3,5,7-8,10-11H2,1H3. The van der Waals surface area contributed by atoms with E-state index in [2.05, 4.69) is 18.3 Å². The first-order valence-electron chi connectivity index (χ1n) is 6.79. The van der Waals surface area contributed by atoms with E-state index in [-0.39, 0.29) is 0 Å². The molecule has 0 saturated carbocycles. The molecule has 1 N–H and O–H groups in total. The molecule has 1 aromatic rings. The van der Waals surface area contributed by atoms with Gasteiger partial charge in [0.1, 0.15) is 0 Å². The summed E-state index contributed by atoms with van der Waals surface area (Å²) in [5, 5.41) is 4.42. The van der Waals surface area contributed by atoms with Crippen LogP contribution in [-0.4, -0.2) is 25.8 Å². The number of rotatable bonds is 5. The van der Waals surface area contributed by atoms with Gasteiger partial charge in [0.05, 0.1) is 6.61 Å². The van der Waals surface area contributed by atoms with Gasteiger partial charge in [-0.2, -0.15) is 0 Å². The minimum absolute atomic E-state index is 0.477. The number of halogens is 1. The van der Waals surface area contributed by atoms with Gasteiger partial charge in [0.15, 0.2) is 0 Å². The molecule has 2 rings (SSSR count). The molecule has 2 atom stereocenters. The van der Waals surface area contributed by atoms with Crippen LogP contribution in [0.1, 0.15) is 25.3 Å². The molecule has 0 amide bonds. The molecule has 0 aliphatic carbocycles. The topological polar surface area (TPSA) is 21.3 Å². The minimum Gasteiger partial charge on any atom is -0.381 e. The number of nitrogens with one attached hydrogen (secondary N) is 1. The third kappa shape index (κ3) is 4.60. The molecule has 2 nitrogen and oxygen atoms in total. The fourth-order valence-electron chi connectivity index (χ4n) is 2.43. The molecular formula is C15H22ClNO. The van der Waals surface area contributed by atoms with Gasteiger partial charge in [0, 0.05) is 24.2 Å². The maximum Gasteiger partial charge on any atom is 0.0506 e. The van der Waals surface area contributed by atoms with Crippen molar-refractivity contribution < 1.29 is 4.74 Å². The second-order valence-electron chi connectivity index (χ2n) is 5.23. The highest BCUT2D eigenvalue weighted by Gasteiger charge is 2.14. The molecular weight excluding hydrogens is 246 g/mol. The summed E-state index contributed by atoms with van der Waals surface area (Å²) < 4.78 is 5.49. The van der Waals surface area contributed by atoms with E-state index < -0.39 is 0 Å². The lowest BCUT2D eigenvalue weighted by Crippen LogP contribution is -2.35. The van der Waals surface area contributed by atoms with Gasteiger partial charge in [0.2, 0.25) is 0 Å². The normalized spacial score (nSPS) is 21.8. The molecule has 100 valence electrons. The van der Waals surface area contributed by atoms with Gasteiger partial charge in [-0.3, -0.25) is 0 Å². The van der Waals surface area contributed by atoms with Crippen molar-refractivity contribution in [3.63, 3.8) is 0 Å². The highest BCUT2D eigenvalue weighted by Crippen LogP contribution is 2.14. The Morgan fingerprint density at radius 2 is 2.39 bits per heavy atom. The Kier molecular flexibility index (Phi) is 5.48. The first-order chi connectivity index (χ1) is 8.74. The Labute approximate surface area is 115 Å². The average Bonchev–Trinajstić information content (AvgIpc) is 2.38. The maximum absolute atomic E-state index is 5.99. The smallest absolute Gasteiger partial charge is 0.0506 e. The van der Waals surface area contributed by atoms with Gasteiger partial charge in [-0.25, -0.2) is 0 Å². The second-order valence-corrected chi connectivity index (χ2v) is 5.66. The first-order valence-corrected chi connectivity index (χ1v) is 7.17. The van der Waals surface area contributed by atoms with Gasteiger partial charge in [-0.15, -0.1) is 0 Å². The third-order valence-corrected chi connectivity index (χ3v) is 3.68. The summed E-state index contributed by atoms with van der Waals surface area (Å²) in [6, 6.07) is 8.59. The zero-order chi connectivity index (χ0) is 12.8. The van der Waals surface area contributed by atoms with Crippen LogP contribution in [-0.2, 0) is 11.2 Å². The predicted octanol–water partition coefficient (Wildman–Crippen LogP) is 3.29. The summed E-state index contributed by atoms with van der Waals surface area (Å²) in [6.45, 7) is 5.14. The number of benzene rings is 1. The van der Waals surface area contributed by atoms with Crippen molar-refractivity contribution in [3.05, 3.63) is 34.9 Å². The molecule has 0 radical (unpaired) electrons. The largest absolute Gasteiger partial charge is 0.381 e. The fraction of sp³-hybridized carbons (Fsp3) is 0.600. The Hall–Kier alpha value is -0.570. The van der Waals surface area contributed by atoms with E-state index in [4.69, 9.17) is 16.3 Å². The van der Waals surface area contributed by atoms with E-state index in [1.807, 2.05) is 18.2 Å². The van der Waals surface area contributed by atoms with Crippen molar-refractivity contribution >= 4 is 11.6 Å². The van der Waals surface area contributed by atoms with Crippen LogP contribution in [0.3, 0.4) is 0 Å². The second kappa shape index (κ2) is 7.13. The molecule has 1 aromatic carbocycles. The van der Waals surface area contributed by atoms with Crippen LogP contribution in [0.2, 0.25) is 5.02 Å². The molecule has 3 heteroatoms. The molecule has 2 unspecified atom stereocenters. The molecule has 0 spiro atoms. The molecule has 1 heterocycles. The number of hydrogen-bond acceptors (Lipinski definition) is 2. The van der Waals surface area contributed by atoms with Crippen LogP contribution in [0, 0.1) is 5.92 Å². The quantitative estimate of drug-likeness (QED) is 0.884. The number of hydrogen-bond donors (Lipinski definition) is 1. The zero-order valence-corrected chi connectivity index (χ0v) is 11.7. The molecule has 1 saturated heterocycles. The Bertz CT molecular complexity index is 363. The molecule has 1 aliphatic rings. The molecule has 18 heavy (non-hydrogen) atoms. The van der Waals surface area contributed by atoms with Gasteiger partial charge < -0.3 is 10.1 Å². The van der Waals surface area contributed by atoms with E-state index in [1.54, 1.807) is 0 Å². The van der Waals surface area contributed by atoms with Crippen LogP contribution < -0.4 is 5.32 Å². The summed E-state index contributed by atoms with van der Waals surface area (Å²) in [4.78, 5) is 0. The summed E-state index contributed by atoms with van der Waals surface area (Å²) in [6.07, 6.45) is 3.51. The Balaban J connectivity index is 1.72. The number of ether oxygens (including phenoxy) is 1. The lowest BCUT2D eigenvalue weighted by atomic mass is 10.0. The van der Waals surface area contributed by atoms with Crippen LogP contribution in [0.15, 0.2) is 24.3 Å². The van der Waals surface area contributed by atoms with Gasteiger partial charge in [0.25, 0.3) is 0 Å². The maximum atomic E-state index is 5.99. The van der Waals surface area contributed by atoms with Gasteiger partial charge in [-0.05, 0) is 49.8 Å². The van der Waals surface area contributed by atoms with E-state index in [9.17, 15) is 0 Å². The van der Waals surface area contributed by atoms with E-state index in [0.29, 0.717) is 12.0 Å². The van der Waals surface area contributed by atoms with Crippen molar-refractivity contribution in [2.24, 2.45) is 5.92 Å². The molecule has 0 aromatic heterocycles. The third-order valence-electron chi connectivity index (χ3n) is 3.44. The van der Waals surface area contributed by atoms with Crippen molar-refractivity contribution in [2.45, 2.75) is 32.2 Å². The van der Waals surface area contributed by atoms with Crippen LogP contribution in [0.4, 0.5) is 0 Å². The van der Waals surface area contributed by atoms with Crippen LogP contribution in [0.25, 0.3) is 0 Å². The van der Waals surface area contributed by atoms with Crippen LogP contribution in [0.5, 0.6) is 0 Å². The highest BCUT2D eigenvalue weighted by atomic mass is 35.5. The molecule has 0 bridgehead atoms. The monoisotopic (exact) mass is 267 g/mol. The van der Waals surface area contributed by atoms with Crippen LogP contribution >= 0.6 is 11.6 Å². The fourth-order valence-corrected chi connectivity index (χ4v) is 2.64. The SMILES string of the molecule is CC(Cc1cccc(Cl)c1)NCC1CCCOC1. The highest BCUT2D eigenvalue weighted by molar-refractivity contribution is 6.30. The first kappa shape index (κ1) is 13.9. The van der Waals surface area contributed by atoms with Crippen molar-refractivity contribution in [2.75, 3.05) is 19.8 Å². The van der Waals surface area contributed by atoms with Gasteiger partial charge >= 0.3 is 0 Å². The Morgan fingerprint density at radius 1 is 1.50 bits per heavy atom. The summed E-state index contributed by atoms with van der Waals surface area (Å²) >= 11 is 5.99. The average molecular weight is 268 g/mol. The van der Waals surface area contributed by atoms with Crippen molar-refractivity contribution in [3.8, 4) is 0 Å². The summed E-state index contributed by atoms with van der Waals surface area (Å²) in [5.74, 6) is 0.681. The molecule has 1 aliphatic heterocycles. The lowest BCUT2D eigenvalue weighted by molar-refractivity contribution is 0.0540.